The van der Waals surface area contributed by atoms with E-state index in [1.807, 2.05) is 0 Å². The van der Waals surface area contributed by atoms with Crippen molar-refractivity contribution in [3.05, 3.63) is 10.0 Å². The third-order valence-electron chi connectivity index (χ3n) is 2.47. The van der Waals surface area contributed by atoms with Gasteiger partial charge in [0.2, 0.25) is 0 Å². The molecule has 0 bridgehead atoms. The van der Waals surface area contributed by atoms with Gasteiger partial charge in [0.25, 0.3) is 0 Å². The molecule has 1 heterocycles. The van der Waals surface area contributed by atoms with Crippen molar-refractivity contribution in [2.24, 2.45) is 5.92 Å². The highest BCUT2D eigenvalue weighted by molar-refractivity contribution is 7.11. The van der Waals surface area contributed by atoms with Crippen molar-refractivity contribution in [2.45, 2.75) is 52.9 Å². The molecule has 0 spiro atoms. The monoisotopic (exact) mass is 212 g/mol. The summed E-state index contributed by atoms with van der Waals surface area (Å²) in [6, 6.07) is 0. The fraction of sp³-hybridized carbons (Fsp3) is 0.818. The first kappa shape index (κ1) is 11.6. The van der Waals surface area contributed by atoms with E-state index in [0.29, 0.717) is 11.8 Å². The van der Waals surface area contributed by atoms with Gasteiger partial charge in [-0.1, -0.05) is 41.5 Å². The Kier molecular flexibility index (Phi) is 3.30. The van der Waals surface area contributed by atoms with Crippen molar-refractivity contribution in [2.75, 3.05) is 0 Å². The molecule has 0 saturated heterocycles. The van der Waals surface area contributed by atoms with Crippen LogP contribution >= 0.6 is 11.3 Å². The number of aromatic nitrogens is 2. The molecule has 0 N–H and O–H groups in total. The van der Waals surface area contributed by atoms with E-state index >= 15 is 0 Å². The van der Waals surface area contributed by atoms with Crippen molar-refractivity contribution < 1.29 is 0 Å². The van der Waals surface area contributed by atoms with Gasteiger partial charge in [-0.05, 0) is 5.92 Å². The molecule has 1 aromatic rings. The molecule has 3 heteroatoms. The smallest absolute Gasteiger partial charge is 0.122 e. The first-order chi connectivity index (χ1) is 6.32. The van der Waals surface area contributed by atoms with Crippen LogP contribution in [0.4, 0.5) is 0 Å². The normalized spacial score (nSPS) is 14.8. The Morgan fingerprint density at radius 3 is 2.00 bits per heavy atom. The molecule has 2 nitrogen and oxygen atoms in total. The molecule has 0 aliphatic carbocycles. The third-order valence-corrected chi connectivity index (χ3v) is 4.02. The quantitative estimate of drug-likeness (QED) is 0.748. The zero-order chi connectivity index (χ0) is 10.9. The van der Waals surface area contributed by atoms with E-state index in [4.69, 9.17) is 0 Å². The van der Waals surface area contributed by atoms with E-state index in [1.165, 1.54) is 5.01 Å². The number of nitrogens with zero attached hydrogens (tertiary/aromatic N) is 2. The highest BCUT2D eigenvalue weighted by Crippen LogP contribution is 2.31. The summed E-state index contributed by atoms with van der Waals surface area (Å²) in [5.41, 5.74) is 0.132. The molecule has 0 radical (unpaired) electrons. The van der Waals surface area contributed by atoms with Crippen molar-refractivity contribution in [1.82, 2.24) is 10.2 Å². The van der Waals surface area contributed by atoms with Crippen LogP contribution in [0.25, 0.3) is 0 Å². The summed E-state index contributed by atoms with van der Waals surface area (Å²) in [5.74, 6) is 1.15. The van der Waals surface area contributed by atoms with Crippen LogP contribution in [0.2, 0.25) is 0 Å². The predicted octanol–water partition coefficient (Wildman–Crippen LogP) is 3.60. The van der Waals surface area contributed by atoms with Gasteiger partial charge in [-0.25, -0.2) is 0 Å². The highest BCUT2D eigenvalue weighted by atomic mass is 32.1. The van der Waals surface area contributed by atoms with E-state index in [-0.39, 0.29) is 5.41 Å². The molecule has 1 aromatic heterocycles. The molecule has 1 rings (SSSR count). The Morgan fingerprint density at radius 2 is 1.64 bits per heavy atom. The van der Waals surface area contributed by atoms with Crippen LogP contribution in [0.5, 0.6) is 0 Å². The second kappa shape index (κ2) is 3.97. The summed E-state index contributed by atoms with van der Waals surface area (Å²) in [7, 11) is 0. The van der Waals surface area contributed by atoms with Crippen molar-refractivity contribution >= 4 is 11.3 Å². The summed E-state index contributed by atoms with van der Waals surface area (Å²) in [6.07, 6.45) is 0. The topological polar surface area (TPSA) is 25.8 Å². The Hall–Kier alpha value is -0.440. The first-order valence-electron chi connectivity index (χ1n) is 5.16. The molecule has 0 saturated carbocycles. The minimum absolute atomic E-state index is 0.132. The molecule has 0 fully saturated rings. The maximum absolute atomic E-state index is 4.27. The summed E-state index contributed by atoms with van der Waals surface area (Å²) >= 11 is 1.75. The molecular weight excluding hydrogens is 192 g/mol. The lowest BCUT2D eigenvalue weighted by Crippen LogP contribution is -2.10. The maximum Gasteiger partial charge on any atom is 0.122 e. The van der Waals surface area contributed by atoms with Crippen LogP contribution in [0.3, 0.4) is 0 Å². The molecule has 0 aliphatic rings. The van der Waals surface area contributed by atoms with Crippen LogP contribution in [-0.2, 0) is 5.41 Å². The number of rotatable bonds is 2. The van der Waals surface area contributed by atoms with Crippen LogP contribution in [-0.4, -0.2) is 10.2 Å². The fourth-order valence-corrected chi connectivity index (χ4v) is 2.13. The standard InChI is InChI=1S/C11H20N2S/c1-7(2)8(3)9-12-13-10(14-9)11(4,5)6/h7-8H,1-6H3/t8-/m0/s1. The molecule has 0 aromatic carbocycles. The summed E-state index contributed by atoms with van der Waals surface area (Å²) in [6.45, 7) is 13.2. The van der Waals surface area contributed by atoms with Gasteiger partial charge in [-0.3, -0.25) is 0 Å². The molecule has 1 atom stereocenters. The van der Waals surface area contributed by atoms with Gasteiger partial charge >= 0.3 is 0 Å². The lowest BCUT2D eigenvalue weighted by atomic mass is 9.98. The molecule has 0 unspecified atom stereocenters. The zero-order valence-corrected chi connectivity index (χ0v) is 10.8. The van der Waals surface area contributed by atoms with Crippen molar-refractivity contribution in [1.29, 1.82) is 0 Å². The Bertz CT molecular complexity index is 296. The third kappa shape index (κ3) is 2.53. The van der Waals surface area contributed by atoms with E-state index in [1.54, 1.807) is 11.3 Å². The maximum atomic E-state index is 4.27. The SMILES string of the molecule is CC(C)[C@H](C)c1nnc(C(C)(C)C)s1. The van der Waals surface area contributed by atoms with E-state index < -0.39 is 0 Å². The van der Waals surface area contributed by atoms with Gasteiger partial charge in [0.05, 0.1) is 0 Å². The minimum atomic E-state index is 0.132. The van der Waals surface area contributed by atoms with Crippen LogP contribution in [0.15, 0.2) is 0 Å². The van der Waals surface area contributed by atoms with Gasteiger partial charge in [0.1, 0.15) is 10.0 Å². The van der Waals surface area contributed by atoms with E-state index in [0.717, 1.165) is 5.01 Å². The Balaban J connectivity index is 2.89. The zero-order valence-electron chi connectivity index (χ0n) is 9.96. The van der Waals surface area contributed by atoms with Crippen molar-refractivity contribution in [3.8, 4) is 0 Å². The fourth-order valence-electron chi connectivity index (χ4n) is 1.01. The van der Waals surface area contributed by atoms with E-state index in [9.17, 15) is 0 Å². The van der Waals surface area contributed by atoms with E-state index in [2.05, 4.69) is 51.7 Å². The molecular formula is C11H20N2S. The summed E-state index contributed by atoms with van der Waals surface area (Å²) in [5, 5.41) is 10.8. The summed E-state index contributed by atoms with van der Waals surface area (Å²) < 4.78 is 0. The van der Waals surface area contributed by atoms with Crippen LogP contribution < -0.4 is 0 Å². The van der Waals surface area contributed by atoms with Gasteiger partial charge in [-0.15, -0.1) is 21.5 Å². The highest BCUT2D eigenvalue weighted by Gasteiger charge is 2.22. The second-order valence-electron chi connectivity index (χ2n) is 5.23. The minimum Gasteiger partial charge on any atom is -0.143 e. The predicted molar refractivity (Wildman–Crippen MR) is 61.9 cm³/mol. The van der Waals surface area contributed by atoms with Gasteiger partial charge in [0.15, 0.2) is 0 Å². The van der Waals surface area contributed by atoms with Crippen molar-refractivity contribution in [3.63, 3.8) is 0 Å². The van der Waals surface area contributed by atoms with Gasteiger partial charge in [-0.2, -0.15) is 0 Å². The molecule has 0 aliphatic heterocycles. The largest absolute Gasteiger partial charge is 0.143 e. The van der Waals surface area contributed by atoms with Gasteiger partial charge in [0, 0.05) is 11.3 Å². The lowest BCUT2D eigenvalue weighted by Gasteiger charge is -2.13. The van der Waals surface area contributed by atoms with Gasteiger partial charge < -0.3 is 0 Å². The Morgan fingerprint density at radius 1 is 1.07 bits per heavy atom. The first-order valence-corrected chi connectivity index (χ1v) is 5.98. The second-order valence-corrected chi connectivity index (χ2v) is 6.24. The van der Waals surface area contributed by atoms with Crippen LogP contribution in [0, 0.1) is 5.92 Å². The lowest BCUT2D eigenvalue weighted by molar-refractivity contribution is 0.527. The number of hydrogen-bond acceptors (Lipinski definition) is 3. The van der Waals surface area contributed by atoms with Crippen LogP contribution in [0.1, 0.15) is 57.5 Å². The molecule has 14 heavy (non-hydrogen) atoms. The average Bonchev–Trinajstić information content (AvgIpc) is 2.49. The summed E-state index contributed by atoms with van der Waals surface area (Å²) in [4.78, 5) is 0. The Labute approximate surface area is 90.8 Å². The molecule has 0 amide bonds. The molecule has 80 valence electrons. The average molecular weight is 212 g/mol. The number of hydrogen-bond donors (Lipinski definition) is 0.